The largest absolute Gasteiger partial charge is 0.333 e. The van der Waals surface area contributed by atoms with Crippen LogP contribution in [0.15, 0.2) is 79.1 Å². The number of aromatic nitrogens is 4. The number of hydrogen-bond donors (Lipinski definition) is 1. The predicted molar refractivity (Wildman–Crippen MR) is 108 cm³/mol. The molecule has 0 spiro atoms. The third-order valence-electron chi connectivity index (χ3n) is 4.88. The van der Waals surface area contributed by atoms with Crippen molar-refractivity contribution in [1.82, 2.24) is 24.9 Å². The summed E-state index contributed by atoms with van der Waals surface area (Å²) in [4.78, 5) is 14.7. The second kappa shape index (κ2) is 7.52. The lowest BCUT2D eigenvalue weighted by Crippen LogP contribution is -2.30. The van der Waals surface area contributed by atoms with Crippen LogP contribution in [0.1, 0.15) is 29.0 Å². The molecule has 0 saturated heterocycles. The number of nitrogens with one attached hydrogen (secondary N) is 1. The molecular formula is C22H21N5O. The molecule has 6 heteroatoms. The molecule has 0 saturated carbocycles. The standard InChI is InChI=1S/C22H21N5O/c1-16(20-15-21(25-24-20)17-8-4-3-5-9-17)26(2)22(28)18-10-6-11-19(14-18)27-13-7-12-23-27/h3-16H,1-2H3,(H,24,25). The van der Waals surface area contributed by atoms with Crippen molar-refractivity contribution in [3.63, 3.8) is 0 Å². The van der Waals surface area contributed by atoms with Crippen LogP contribution in [0.5, 0.6) is 0 Å². The molecule has 4 aromatic rings. The first-order chi connectivity index (χ1) is 13.6. The molecule has 28 heavy (non-hydrogen) atoms. The Labute approximate surface area is 163 Å². The summed E-state index contributed by atoms with van der Waals surface area (Å²) in [7, 11) is 1.80. The van der Waals surface area contributed by atoms with Gasteiger partial charge >= 0.3 is 0 Å². The average Bonchev–Trinajstić information content (AvgIpc) is 3.45. The molecule has 4 rings (SSSR count). The Balaban J connectivity index is 1.54. The highest BCUT2D eigenvalue weighted by Gasteiger charge is 2.21. The second-order valence-corrected chi connectivity index (χ2v) is 6.67. The smallest absolute Gasteiger partial charge is 0.254 e. The van der Waals surface area contributed by atoms with Crippen molar-refractivity contribution in [1.29, 1.82) is 0 Å². The van der Waals surface area contributed by atoms with E-state index in [2.05, 4.69) is 15.3 Å². The van der Waals surface area contributed by atoms with E-state index in [9.17, 15) is 4.79 Å². The first-order valence-corrected chi connectivity index (χ1v) is 9.11. The fourth-order valence-corrected chi connectivity index (χ4v) is 3.10. The highest BCUT2D eigenvalue weighted by Crippen LogP contribution is 2.24. The maximum Gasteiger partial charge on any atom is 0.254 e. The van der Waals surface area contributed by atoms with E-state index >= 15 is 0 Å². The van der Waals surface area contributed by atoms with Gasteiger partial charge in [0, 0.05) is 30.6 Å². The Hall–Kier alpha value is -3.67. The molecule has 2 heterocycles. The molecule has 6 nitrogen and oxygen atoms in total. The van der Waals surface area contributed by atoms with Crippen molar-refractivity contribution in [3.05, 3.63) is 90.4 Å². The number of nitrogens with zero attached hydrogens (tertiary/aromatic N) is 4. The second-order valence-electron chi connectivity index (χ2n) is 6.67. The van der Waals surface area contributed by atoms with Gasteiger partial charge in [0.05, 0.1) is 23.1 Å². The van der Waals surface area contributed by atoms with E-state index in [1.54, 1.807) is 22.8 Å². The van der Waals surface area contributed by atoms with E-state index < -0.39 is 0 Å². The molecule has 0 bridgehead atoms. The summed E-state index contributed by atoms with van der Waals surface area (Å²) in [5, 5.41) is 11.7. The number of rotatable bonds is 5. The highest BCUT2D eigenvalue weighted by atomic mass is 16.2. The Bertz CT molecular complexity index is 1070. The Morgan fingerprint density at radius 1 is 1.07 bits per heavy atom. The summed E-state index contributed by atoms with van der Waals surface area (Å²) < 4.78 is 1.74. The molecule has 0 radical (unpaired) electrons. The van der Waals surface area contributed by atoms with Crippen LogP contribution in [-0.4, -0.2) is 37.8 Å². The minimum absolute atomic E-state index is 0.0580. The molecule has 2 aromatic carbocycles. The maximum atomic E-state index is 13.0. The molecule has 140 valence electrons. The number of carbonyl (C=O) groups excluding carboxylic acids is 1. The maximum absolute atomic E-state index is 13.0. The Morgan fingerprint density at radius 3 is 2.64 bits per heavy atom. The molecule has 1 N–H and O–H groups in total. The fourth-order valence-electron chi connectivity index (χ4n) is 3.10. The quantitative estimate of drug-likeness (QED) is 0.574. The lowest BCUT2D eigenvalue weighted by atomic mass is 10.1. The Kier molecular flexibility index (Phi) is 4.76. The molecule has 0 aliphatic carbocycles. The molecule has 1 atom stereocenters. The molecule has 0 fully saturated rings. The van der Waals surface area contributed by atoms with Gasteiger partial charge in [-0.05, 0) is 37.3 Å². The van der Waals surface area contributed by atoms with Crippen LogP contribution in [0.4, 0.5) is 0 Å². The summed E-state index contributed by atoms with van der Waals surface area (Å²) >= 11 is 0. The van der Waals surface area contributed by atoms with Crippen LogP contribution in [0.25, 0.3) is 16.9 Å². The molecule has 1 amide bonds. The van der Waals surface area contributed by atoms with Gasteiger partial charge in [-0.2, -0.15) is 10.2 Å². The van der Waals surface area contributed by atoms with Crippen molar-refractivity contribution < 1.29 is 4.79 Å². The molecule has 0 aliphatic heterocycles. The Morgan fingerprint density at radius 2 is 1.89 bits per heavy atom. The predicted octanol–water partition coefficient (Wildman–Crippen LogP) is 4.10. The van der Waals surface area contributed by atoms with Gasteiger partial charge in [-0.15, -0.1) is 0 Å². The van der Waals surface area contributed by atoms with Crippen molar-refractivity contribution in [2.75, 3.05) is 7.05 Å². The number of carbonyl (C=O) groups is 1. The number of H-pyrrole nitrogens is 1. The van der Waals surface area contributed by atoms with Gasteiger partial charge in [-0.3, -0.25) is 9.89 Å². The van der Waals surface area contributed by atoms with Crippen LogP contribution in [0, 0.1) is 0 Å². The monoisotopic (exact) mass is 371 g/mol. The summed E-state index contributed by atoms with van der Waals surface area (Å²) in [6.07, 6.45) is 3.57. The summed E-state index contributed by atoms with van der Waals surface area (Å²) in [6.45, 7) is 1.98. The van der Waals surface area contributed by atoms with E-state index in [0.29, 0.717) is 5.56 Å². The topological polar surface area (TPSA) is 66.8 Å². The van der Waals surface area contributed by atoms with Crippen LogP contribution in [-0.2, 0) is 0 Å². The van der Waals surface area contributed by atoms with Crippen molar-refractivity contribution in [2.24, 2.45) is 0 Å². The first kappa shape index (κ1) is 17.7. The van der Waals surface area contributed by atoms with Gasteiger partial charge in [0.25, 0.3) is 5.91 Å². The summed E-state index contributed by atoms with van der Waals surface area (Å²) in [5.74, 6) is -0.0580. The van der Waals surface area contributed by atoms with Gasteiger partial charge in [-0.1, -0.05) is 36.4 Å². The highest BCUT2D eigenvalue weighted by molar-refractivity contribution is 5.94. The van der Waals surface area contributed by atoms with Gasteiger partial charge in [-0.25, -0.2) is 4.68 Å². The SMILES string of the molecule is CC(c1cc(-c2ccccc2)n[nH]1)N(C)C(=O)c1cccc(-n2cccn2)c1. The van der Waals surface area contributed by atoms with Crippen molar-refractivity contribution in [3.8, 4) is 16.9 Å². The zero-order chi connectivity index (χ0) is 19.5. The van der Waals surface area contributed by atoms with Crippen LogP contribution in [0.3, 0.4) is 0 Å². The number of aromatic amines is 1. The van der Waals surface area contributed by atoms with E-state index in [0.717, 1.165) is 22.6 Å². The van der Waals surface area contributed by atoms with Crippen molar-refractivity contribution in [2.45, 2.75) is 13.0 Å². The van der Waals surface area contributed by atoms with E-state index in [4.69, 9.17) is 0 Å². The number of benzene rings is 2. The number of hydrogen-bond acceptors (Lipinski definition) is 3. The summed E-state index contributed by atoms with van der Waals surface area (Å²) in [5.41, 5.74) is 4.26. The molecule has 2 aromatic heterocycles. The lowest BCUT2D eigenvalue weighted by Gasteiger charge is -2.24. The zero-order valence-electron chi connectivity index (χ0n) is 15.8. The van der Waals surface area contributed by atoms with Crippen LogP contribution in [0.2, 0.25) is 0 Å². The average molecular weight is 371 g/mol. The minimum atomic E-state index is -0.147. The van der Waals surface area contributed by atoms with Gasteiger partial charge in [0.15, 0.2) is 0 Å². The van der Waals surface area contributed by atoms with Gasteiger partial charge in [0.1, 0.15) is 0 Å². The number of amides is 1. The van der Waals surface area contributed by atoms with E-state index in [-0.39, 0.29) is 11.9 Å². The lowest BCUT2D eigenvalue weighted by molar-refractivity contribution is 0.0739. The zero-order valence-corrected chi connectivity index (χ0v) is 15.8. The van der Waals surface area contributed by atoms with Gasteiger partial charge < -0.3 is 4.90 Å². The minimum Gasteiger partial charge on any atom is -0.333 e. The van der Waals surface area contributed by atoms with E-state index in [1.807, 2.05) is 79.9 Å². The van der Waals surface area contributed by atoms with Crippen molar-refractivity contribution >= 4 is 5.91 Å². The normalized spacial score (nSPS) is 11.9. The van der Waals surface area contributed by atoms with Crippen LogP contribution < -0.4 is 0 Å². The molecule has 1 unspecified atom stereocenters. The van der Waals surface area contributed by atoms with Crippen LogP contribution >= 0.6 is 0 Å². The fraction of sp³-hybridized carbons (Fsp3) is 0.136. The van der Waals surface area contributed by atoms with Gasteiger partial charge in [0.2, 0.25) is 0 Å². The molecular weight excluding hydrogens is 350 g/mol. The third kappa shape index (κ3) is 3.44. The summed E-state index contributed by atoms with van der Waals surface area (Å²) in [6, 6.07) is 21.1. The first-order valence-electron chi connectivity index (χ1n) is 9.11. The third-order valence-corrected chi connectivity index (χ3v) is 4.88. The van der Waals surface area contributed by atoms with E-state index in [1.165, 1.54) is 0 Å². The molecule has 0 aliphatic rings.